The molecule has 2 fully saturated rings. The first-order valence-corrected chi connectivity index (χ1v) is 13.3. The molecule has 0 saturated carbocycles. The van der Waals surface area contributed by atoms with Gasteiger partial charge in [-0.05, 0) is 66.9 Å². The molecule has 2 amide bonds. The van der Waals surface area contributed by atoms with Crippen LogP contribution < -0.4 is 10.2 Å². The van der Waals surface area contributed by atoms with Crippen LogP contribution in [0.1, 0.15) is 42.4 Å². The highest BCUT2D eigenvalue weighted by atomic mass is 16.2. The number of amides is 2. The van der Waals surface area contributed by atoms with E-state index in [4.69, 9.17) is 0 Å². The van der Waals surface area contributed by atoms with Crippen molar-refractivity contribution in [2.45, 2.75) is 50.0 Å². The summed E-state index contributed by atoms with van der Waals surface area (Å²) in [6.07, 6.45) is 5.90. The van der Waals surface area contributed by atoms with E-state index in [1.807, 2.05) is 28.0 Å². The van der Waals surface area contributed by atoms with E-state index >= 15 is 0 Å². The highest BCUT2D eigenvalue weighted by molar-refractivity contribution is 6.03. The number of fused-ring (bicyclic) bond motifs is 3. The molecular formula is C29H36N4O2. The van der Waals surface area contributed by atoms with Gasteiger partial charge in [-0.2, -0.15) is 0 Å². The van der Waals surface area contributed by atoms with Crippen LogP contribution in [0.5, 0.6) is 0 Å². The molecule has 1 N–H and O–H groups in total. The lowest BCUT2D eigenvalue weighted by Crippen LogP contribution is -2.55. The molecule has 4 aliphatic rings. The Morgan fingerprint density at radius 3 is 2.40 bits per heavy atom. The predicted molar refractivity (Wildman–Crippen MR) is 138 cm³/mol. The summed E-state index contributed by atoms with van der Waals surface area (Å²) in [7, 11) is 0. The first-order chi connectivity index (χ1) is 17.1. The third-order valence-corrected chi connectivity index (χ3v) is 8.88. The zero-order chi connectivity index (χ0) is 23.8. The molecule has 0 radical (unpaired) electrons. The Labute approximate surface area is 208 Å². The van der Waals surface area contributed by atoms with Crippen molar-refractivity contribution in [2.24, 2.45) is 0 Å². The second kappa shape index (κ2) is 9.40. The van der Waals surface area contributed by atoms with Crippen LogP contribution >= 0.6 is 0 Å². The van der Waals surface area contributed by atoms with Crippen molar-refractivity contribution in [3.63, 3.8) is 0 Å². The Kier molecular flexibility index (Phi) is 6.11. The average molecular weight is 473 g/mol. The first-order valence-electron chi connectivity index (χ1n) is 13.3. The summed E-state index contributed by atoms with van der Waals surface area (Å²) in [6, 6.07) is 16.6. The molecule has 184 valence electrons. The normalized spacial score (nSPS) is 23.4. The Morgan fingerprint density at radius 1 is 0.886 bits per heavy atom. The van der Waals surface area contributed by atoms with Gasteiger partial charge in [-0.3, -0.25) is 14.5 Å². The summed E-state index contributed by atoms with van der Waals surface area (Å²) in [5.74, 6) is 0.172. The van der Waals surface area contributed by atoms with Gasteiger partial charge in [0.1, 0.15) is 6.04 Å². The summed E-state index contributed by atoms with van der Waals surface area (Å²) >= 11 is 0. The van der Waals surface area contributed by atoms with E-state index in [2.05, 4.69) is 40.5 Å². The van der Waals surface area contributed by atoms with Gasteiger partial charge in [0.2, 0.25) is 11.8 Å². The van der Waals surface area contributed by atoms with Crippen LogP contribution in [-0.4, -0.2) is 73.5 Å². The molecule has 6 heteroatoms. The van der Waals surface area contributed by atoms with Crippen molar-refractivity contribution >= 4 is 17.5 Å². The molecule has 35 heavy (non-hydrogen) atoms. The number of para-hydroxylation sites is 1. The molecule has 6 nitrogen and oxygen atoms in total. The summed E-state index contributed by atoms with van der Waals surface area (Å²) in [4.78, 5) is 33.2. The van der Waals surface area contributed by atoms with E-state index in [-0.39, 0.29) is 11.8 Å². The molecule has 2 saturated heterocycles. The lowest BCUT2D eigenvalue weighted by atomic mass is 9.74. The number of carbonyl (C=O) groups is 2. The number of hydrogen-bond acceptors (Lipinski definition) is 4. The van der Waals surface area contributed by atoms with Gasteiger partial charge >= 0.3 is 0 Å². The fourth-order valence-electron chi connectivity index (χ4n) is 6.85. The van der Waals surface area contributed by atoms with Gasteiger partial charge in [0, 0.05) is 51.3 Å². The summed E-state index contributed by atoms with van der Waals surface area (Å²) in [5, 5.41) is 3.31. The van der Waals surface area contributed by atoms with E-state index < -0.39 is 6.04 Å². The smallest absolute Gasteiger partial charge is 0.246 e. The van der Waals surface area contributed by atoms with Gasteiger partial charge < -0.3 is 15.1 Å². The molecule has 1 atom stereocenters. The van der Waals surface area contributed by atoms with Crippen molar-refractivity contribution in [1.29, 1.82) is 0 Å². The van der Waals surface area contributed by atoms with E-state index in [1.54, 1.807) is 5.56 Å². The SMILES string of the molecule is O=C([C@@H]1Cc2ccccc2N1C(=O)CCN1CCC2(CCc3ccccc32)CC1)N1CCNCC1. The minimum Gasteiger partial charge on any atom is -0.338 e. The van der Waals surface area contributed by atoms with Crippen LogP contribution in [0.2, 0.25) is 0 Å². The Bertz CT molecular complexity index is 1100. The topological polar surface area (TPSA) is 55.9 Å². The van der Waals surface area contributed by atoms with E-state index in [0.717, 1.165) is 44.0 Å². The molecule has 1 aliphatic carbocycles. The van der Waals surface area contributed by atoms with Gasteiger partial charge in [0.05, 0.1) is 0 Å². The number of hydrogen-bond donors (Lipinski definition) is 1. The van der Waals surface area contributed by atoms with Crippen molar-refractivity contribution in [3.05, 3.63) is 65.2 Å². The first kappa shape index (κ1) is 22.7. The maximum atomic E-state index is 13.6. The summed E-state index contributed by atoms with van der Waals surface area (Å²) < 4.78 is 0. The number of rotatable bonds is 4. The predicted octanol–water partition coefficient (Wildman–Crippen LogP) is 2.75. The van der Waals surface area contributed by atoms with Gasteiger partial charge in [-0.25, -0.2) is 0 Å². The molecule has 6 rings (SSSR count). The maximum absolute atomic E-state index is 13.6. The average Bonchev–Trinajstić information content (AvgIpc) is 3.48. The highest BCUT2D eigenvalue weighted by Gasteiger charge is 2.42. The van der Waals surface area contributed by atoms with Crippen molar-refractivity contribution in [3.8, 4) is 0 Å². The Morgan fingerprint density at radius 2 is 1.60 bits per heavy atom. The second-order valence-corrected chi connectivity index (χ2v) is 10.7. The number of carbonyl (C=O) groups excluding carboxylic acids is 2. The summed E-state index contributed by atoms with van der Waals surface area (Å²) in [5.41, 5.74) is 5.47. The zero-order valence-corrected chi connectivity index (χ0v) is 20.5. The quantitative estimate of drug-likeness (QED) is 0.744. The van der Waals surface area contributed by atoms with Crippen LogP contribution in [0, 0.1) is 0 Å². The zero-order valence-electron chi connectivity index (χ0n) is 20.5. The third-order valence-electron chi connectivity index (χ3n) is 8.88. The number of piperidine rings is 1. The van der Waals surface area contributed by atoms with Gasteiger partial charge in [0.25, 0.3) is 0 Å². The van der Waals surface area contributed by atoms with E-state index in [1.165, 1.54) is 31.2 Å². The van der Waals surface area contributed by atoms with Crippen molar-refractivity contribution in [2.75, 3.05) is 50.7 Å². The largest absolute Gasteiger partial charge is 0.338 e. The fraction of sp³-hybridized carbons (Fsp3) is 0.517. The Balaban J connectivity index is 1.11. The highest BCUT2D eigenvalue weighted by Crippen LogP contribution is 2.46. The standard InChI is InChI=1S/C29H36N4O2/c34-27(10-16-31-17-12-29(13-18-31)11-9-22-5-1-3-7-24(22)29)33-25-8-4-2-6-23(25)21-26(33)28(35)32-19-14-30-15-20-32/h1-8,26,30H,9-21H2/t26-/m0/s1. The molecule has 3 heterocycles. The number of anilines is 1. The lowest BCUT2D eigenvalue weighted by Gasteiger charge is -2.40. The fourth-order valence-corrected chi connectivity index (χ4v) is 6.85. The molecule has 3 aliphatic heterocycles. The number of piperazine rings is 1. The number of likely N-dealkylation sites (tertiary alicyclic amines) is 1. The molecule has 0 bridgehead atoms. The van der Waals surface area contributed by atoms with Crippen LogP contribution in [0.4, 0.5) is 5.69 Å². The van der Waals surface area contributed by atoms with E-state index in [9.17, 15) is 9.59 Å². The minimum atomic E-state index is -0.405. The number of benzene rings is 2. The van der Waals surface area contributed by atoms with Crippen LogP contribution in [0.25, 0.3) is 0 Å². The molecule has 0 aromatic heterocycles. The van der Waals surface area contributed by atoms with Crippen molar-refractivity contribution in [1.82, 2.24) is 15.1 Å². The van der Waals surface area contributed by atoms with Crippen LogP contribution in [-0.2, 0) is 27.8 Å². The van der Waals surface area contributed by atoms with E-state index in [0.29, 0.717) is 31.3 Å². The molecule has 1 spiro atoms. The number of nitrogens with one attached hydrogen (secondary N) is 1. The molecule has 2 aromatic carbocycles. The number of nitrogens with zero attached hydrogens (tertiary/aromatic N) is 3. The van der Waals surface area contributed by atoms with Gasteiger partial charge in [0.15, 0.2) is 0 Å². The molecular weight excluding hydrogens is 436 g/mol. The van der Waals surface area contributed by atoms with Crippen molar-refractivity contribution < 1.29 is 9.59 Å². The number of aryl methyl sites for hydroxylation is 1. The lowest BCUT2D eigenvalue weighted by molar-refractivity contribution is -0.135. The monoisotopic (exact) mass is 472 g/mol. The third kappa shape index (κ3) is 4.17. The second-order valence-electron chi connectivity index (χ2n) is 10.7. The van der Waals surface area contributed by atoms with Crippen LogP contribution in [0.3, 0.4) is 0 Å². The summed E-state index contributed by atoms with van der Waals surface area (Å²) in [6.45, 7) is 5.92. The Hall–Kier alpha value is -2.70. The van der Waals surface area contributed by atoms with Gasteiger partial charge in [-0.1, -0.05) is 42.5 Å². The minimum absolute atomic E-state index is 0.0786. The molecule has 2 aromatic rings. The van der Waals surface area contributed by atoms with Gasteiger partial charge in [-0.15, -0.1) is 0 Å². The maximum Gasteiger partial charge on any atom is 0.246 e. The van der Waals surface area contributed by atoms with Crippen LogP contribution in [0.15, 0.2) is 48.5 Å². The molecule has 0 unspecified atom stereocenters.